The average molecular weight is 250 g/mol. The van der Waals surface area contributed by atoms with Gasteiger partial charge in [-0.25, -0.2) is 4.98 Å². The second-order valence-corrected chi connectivity index (χ2v) is 5.37. The zero-order valence-electron chi connectivity index (χ0n) is 10.5. The summed E-state index contributed by atoms with van der Waals surface area (Å²) < 4.78 is 2.13. The lowest BCUT2D eigenvalue weighted by molar-refractivity contribution is 0.296. The Labute approximate surface area is 106 Å². The summed E-state index contributed by atoms with van der Waals surface area (Å²) in [4.78, 5) is 4.63. The van der Waals surface area contributed by atoms with E-state index >= 15 is 0 Å². The molecule has 0 bridgehead atoms. The molecule has 17 heavy (non-hydrogen) atoms. The van der Waals surface area contributed by atoms with Crippen molar-refractivity contribution in [1.82, 2.24) is 9.55 Å². The molecule has 0 atom stereocenters. The summed E-state index contributed by atoms with van der Waals surface area (Å²) >= 11 is 1.70. The third-order valence-corrected chi connectivity index (χ3v) is 4.11. The lowest BCUT2D eigenvalue weighted by atomic mass is 10.1. The fourth-order valence-electron chi connectivity index (χ4n) is 1.78. The van der Waals surface area contributed by atoms with Gasteiger partial charge in [0.2, 0.25) is 0 Å². The number of fused-ring (bicyclic) bond motifs is 1. The van der Waals surface area contributed by atoms with Gasteiger partial charge in [0.15, 0.2) is 5.16 Å². The Balaban J connectivity index is 2.35. The van der Waals surface area contributed by atoms with Crippen LogP contribution in [0.1, 0.15) is 17.5 Å². The van der Waals surface area contributed by atoms with Crippen LogP contribution in [0.5, 0.6) is 0 Å². The molecule has 0 radical (unpaired) electrons. The van der Waals surface area contributed by atoms with Crippen LogP contribution < -0.4 is 0 Å². The van der Waals surface area contributed by atoms with Crippen LogP contribution in [0.25, 0.3) is 11.0 Å². The van der Waals surface area contributed by atoms with Gasteiger partial charge in [0.05, 0.1) is 11.0 Å². The van der Waals surface area contributed by atoms with Gasteiger partial charge in [-0.3, -0.25) is 0 Å². The number of aliphatic hydroxyl groups is 1. The monoisotopic (exact) mass is 250 g/mol. The zero-order valence-corrected chi connectivity index (χ0v) is 11.3. The molecule has 0 saturated heterocycles. The van der Waals surface area contributed by atoms with E-state index in [1.165, 1.54) is 16.6 Å². The van der Waals surface area contributed by atoms with E-state index in [0.717, 1.165) is 22.8 Å². The molecule has 0 saturated carbocycles. The minimum absolute atomic E-state index is 0.245. The third-order valence-electron chi connectivity index (χ3n) is 2.99. The van der Waals surface area contributed by atoms with Crippen molar-refractivity contribution in [2.45, 2.75) is 25.4 Å². The lowest BCUT2D eigenvalue weighted by Gasteiger charge is -2.02. The number of hydrogen-bond acceptors (Lipinski definition) is 3. The van der Waals surface area contributed by atoms with Gasteiger partial charge in [0.25, 0.3) is 0 Å². The van der Waals surface area contributed by atoms with Crippen LogP contribution in [0.4, 0.5) is 0 Å². The molecule has 0 spiro atoms. The van der Waals surface area contributed by atoms with Crippen LogP contribution in [0.3, 0.4) is 0 Å². The van der Waals surface area contributed by atoms with E-state index in [1.807, 2.05) is 7.05 Å². The van der Waals surface area contributed by atoms with E-state index in [4.69, 9.17) is 5.11 Å². The molecular formula is C13H18N2OS. The van der Waals surface area contributed by atoms with Crippen LogP contribution in [-0.2, 0) is 7.05 Å². The number of nitrogens with zero attached hydrogens (tertiary/aromatic N) is 2. The second kappa shape index (κ2) is 5.10. The number of aryl methyl sites for hydroxylation is 3. The predicted molar refractivity (Wildman–Crippen MR) is 72.6 cm³/mol. The maximum absolute atomic E-state index is 8.79. The highest BCUT2D eigenvalue weighted by molar-refractivity contribution is 7.99. The smallest absolute Gasteiger partial charge is 0.168 e. The summed E-state index contributed by atoms with van der Waals surface area (Å²) in [6, 6.07) is 4.33. The number of aromatic nitrogens is 2. The van der Waals surface area contributed by atoms with Crippen LogP contribution in [-0.4, -0.2) is 27.0 Å². The van der Waals surface area contributed by atoms with Gasteiger partial charge in [0, 0.05) is 19.4 Å². The van der Waals surface area contributed by atoms with Crippen molar-refractivity contribution in [3.05, 3.63) is 23.3 Å². The first-order valence-corrected chi connectivity index (χ1v) is 6.79. The Hall–Kier alpha value is -1.00. The summed E-state index contributed by atoms with van der Waals surface area (Å²) in [5.74, 6) is 0.908. The van der Waals surface area contributed by atoms with Crippen molar-refractivity contribution >= 4 is 22.8 Å². The highest BCUT2D eigenvalue weighted by Crippen LogP contribution is 2.25. The van der Waals surface area contributed by atoms with Gasteiger partial charge in [-0.05, 0) is 43.5 Å². The van der Waals surface area contributed by atoms with E-state index in [1.54, 1.807) is 11.8 Å². The number of aliphatic hydroxyl groups excluding tert-OH is 1. The topological polar surface area (TPSA) is 38.1 Å². The zero-order chi connectivity index (χ0) is 12.4. The van der Waals surface area contributed by atoms with Gasteiger partial charge in [0.1, 0.15) is 0 Å². The fraction of sp³-hybridized carbons (Fsp3) is 0.462. The number of imidazole rings is 1. The van der Waals surface area contributed by atoms with Crippen molar-refractivity contribution in [1.29, 1.82) is 0 Å². The van der Waals surface area contributed by atoms with Crippen molar-refractivity contribution in [2.24, 2.45) is 7.05 Å². The Bertz CT molecular complexity index is 534. The van der Waals surface area contributed by atoms with Crippen LogP contribution in [0, 0.1) is 13.8 Å². The summed E-state index contributed by atoms with van der Waals surface area (Å²) in [5, 5.41) is 9.81. The largest absolute Gasteiger partial charge is 0.396 e. The summed E-state index contributed by atoms with van der Waals surface area (Å²) in [6.07, 6.45) is 0.811. The molecule has 92 valence electrons. The first-order valence-electron chi connectivity index (χ1n) is 5.81. The maximum atomic E-state index is 8.79. The van der Waals surface area contributed by atoms with Gasteiger partial charge < -0.3 is 9.67 Å². The quantitative estimate of drug-likeness (QED) is 0.669. The third kappa shape index (κ3) is 2.48. The molecule has 2 aromatic rings. The van der Waals surface area contributed by atoms with E-state index in [2.05, 4.69) is 35.5 Å². The highest BCUT2D eigenvalue weighted by Gasteiger charge is 2.09. The van der Waals surface area contributed by atoms with Gasteiger partial charge in [-0.15, -0.1) is 0 Å². The Morgan fingerprint density at radius 1 is 1.29 bits per heavy atom. The molecule has 0 aliphatic rings. The second-order valence-electron chi connectivity index (χ2n) is 4.30. The molecule has 0 aliphatic carbocycles. The van der Waals surface area contributed by atoms with Crippen LogP contribution in [0.15, 0.2) is 17.3 Å². The fourth-order valence-corrected chi connectivity index (χ4v) is 2.69. The molecule has 1 aromatic heterocycles. The Morgan fingerprint density at radius 2 is 2.00 bits per heavy atom. The molecule has 0 amide bonds. The normalized spacial score (nSPS) is 11.3. The van der Waals surface area contributed by atoms with E-state index < -0.39 is 0 Å². The average Bonchev–Trinajstić information content (AvgIpc) is 2.58. The minimum atomic E-state index is 0.245. The molecule has 3 nitrogen and oxygen atoms in total. The SMILES string of the molecule is Cc1cc2nc(SCCCO)n(C)c2cc1C. The lowest BCUT2D eigenvalue weighted by Crippen LogP contribution is -1.93. The molecule has 1 aromatic carbocycles. The first-order chi connectivity index (χ1) is 8.13. The molecule has 1 heterocycles. The number of thioether (sulfide) groups is 1. The van der Waals surface area contributed by atoms with Crippen LogP contribution in [0.2, 0.25) is 0 Å². The first kappa shape index (κ1) is 12.5. The van der Waals surface area contributed by atoms with Crippen LogP contribution >= 0.6 is 11.8 Å². The summed E-state index contributed by atoms with van der Waals surface area (Å²) in [6.45, 7) is 4.48. The summed E-state index contributed by atoms with van der Waals surface area (Å²) in [7, 11) is 2.05. The van der Waals surface area contributed by atoms with Crippen molar-refractivity contribution in [3.8, 4) is 0 Å². The van der Waals surface area contributed by atoms with E-state index in [9.17, 15) is 0 Å². The molecule has 2 rings (SSSR count). The van der Waals surface area contributed by atoms with Crippen molar-refractivity contribution in [2.75, 3.05) is 12.4 Å². The number of rotatable bonds is 4. The molecule has 0 aliphatic heterocycles. The van der Waals surface area contributed by atoms with Gasteiger partial charge in [-0.1, -0.05) is 11.8 Å². The molecule has 1 N–H and O–H groups in total. The van der Waals surface area contributed by atoms with E-state index in [-0.39, 0.29) is 6.61 Å². The highest BCUT2D eigenvalue weighted by atomic mass is 32.2. The molecule has 0 fully saturated rings. The standard InChI is InChI=1S/C13H18N2OS/c1-9-7-11-12(8-10(9)2)15(3)13(14-11)17-6-4-5-16/h7-8,16H,4-6H2,1-3H3. The Morgan fingerprint density at radius 3 is 2.71 bits per heavy atom. The van der Waals surface area contributed by atoms with Gasteiger partial charge in [-0.2, -0.15) is 0 Å². The number of hydrogen-bond donors (Lipinski definition) is 1. The summed E-state index contributed by atoms with van der Waals surface area (Å²) in [5.41, 5.74) is 4.82. The maximum Gasteiger partial charge on any atom is 0.168 e. The van der Waals surface area contributed by atoms with E-state index in [0.29, 0.717) is 0 Å². The molecular weight excluding hydrogens is 232 g/mol. The number of benzene rings is 1. The Kier molecular flexibility index (Phi) is 3.74. The molecule has 4 heteroatoms. The van der Waals surface area contributed by atoms with Crippen molar-refractivity contribution in [3.63, 3.8) is 0 Å². The van der Waals surface area contributed by atoms with Crippen molar-refractivity contribution < 1.29 is 5.11 Å². The molecule has 0 unspecified atom stereocenters. The predicted octanol–water partition coefficient (Wildman–Crippen LogP) is 2.66. The minimum Gasteiger partial charge on any atom is -0.396 e. The van der Waals surface area contributed by atoms with Gasteiger partial charge >= 0.3 is 0 Å².